The SMILES string of the molecule is CCc1ccc(OCc2nc(C3CC3)c(C(C)N)s2)cc1. The Kier molecular flexibility index (Phi) is 4.27. The van der Waals surface area contributed by atoms with Gasteiger partial charge in [0.2, 0.25) is 0 Å². The Morgan fingerprint density at radius 2 is 2.05 bits per heavy atom. The van der Waals surface area contributed by atoms with Crippen molar-refractivity contribution in [1.82, 2.24) is 4.98 Å². The number of hydrogen-bond acceptors (Lipinski definition) is 4. The van der Waals surface area contributed by atoms with Crippen LogP contribution in [0.4, 0.5) is 0 Å². The second kappa shape index (κ2) is 6.16. The van der Waals surface area contributed by atoms with Crippen molar-refractivity contribution in [3.05, 3.63) is 45.4 Å². The number of hydrogen-bond donors (Lipinski definition) is 1. The fourth-order valence-electron chi connectivity index (χ4n) is 2.40. The summed E-state index contributed by atoms with van der Waals surface area (Å²) in [4.78, 5) is 5.99. The fourth-order valence-corrected chi connectivity index (χ4v) is 3.41. The van der Waals surface area contributed by atoms with Gasteiger partial charge in [-0.1, -0.05) is 19.1 Å². The first-order valence-corrected chi connectivity index (χ1v) is 8.45. The summed E-state index contributed by atoms with van der Waals surface area (Å²) in [6.07, 6.45) is 3.56. The van der Waals surface area contributed by atoms with Gasteiger partial charge in [0.05, 0.1) is 5.69 Å². The number of aryl methyl sites for hydroxylation is 1. The highest BCUT2D eigenvalue weighted by Crippen LogP contribution is 2.44. The molecule has 0 amide bonds. The van der Waals surface area contributed by atoms with E-state index in [1.165, 1.54) is 29.0 Å². The third kappa shape index (κ3) is 3.44. The fraction of sp³-hybridized carbons (Fsp3) is 0.471. The Morgan fingerprint density at radius 3 is 2.62 bits per heavy atom. The maximum absolute atomic E-state index is 6.06. The summed E-state index contributed by atoms with van der Waals surface area (Å²) >= 11 is 1.70. The van der Waals surface area contributed by atoms with Crippen LogP contribution in [0.5, 0.6) is 5.75 Å². The molecule has 2 N–H and O–H groups in total. The third-order valence-electron chi connectivity index (χ3n) is 3.80. The number of benzene rings is 1. The summed E-state index contributed by atoms with van der Waals surface area (Å²) in [7, 11) is 0. The molecule has 1 unspecified atom stereocenters. The largest absolute Gasteiger partial charge is 0.486 e. The zero-order chi connectivity index (χ0) is 14.8. The molecule has 1 aromatic carbocycles. The van der Waals surface area contributed by atoms with E-state index < -0.39 is 0 Å². The molecule has 1 aromatic heterocycles. The zero-order valence-corrected chi connectivity index (χ0v) is 13.5. The monoisotopic (exact) mass is 302 g/mol. The van der Waals surface area contributed by atoms with Crippen molar-refractivity contribution in [2.45, 2.75) is 51.7 Å². The van der Waals surface area contributed by atoms with Crippen LogP contribution in [0.2, 0.25) is 0 Å². The minimum atomic E-state index is 0.0655. The number of thiazole rings is 1. The van der Waals surface area contributed by atoms with Gasteiger partial charge in [0.1, 0.15) is 17.4 Å². The molecule has 0 spiro atoms. The lowest BCUT2D eigenvalue weighted by atomic mass is 10.2. The number of rotatable bonds is 6. The molecule has 3 nitrogen and oxygen atoms in total. The first-order chi connectivity index (χ1) is 10.2. The van der Waals surface area contributed by atoms with Crippen molar-refractivity contribution in [1.29, 1.82) is 0 Å². The van der Waals surface area contributed by atoms with Crippen molar-refractivity contribution in [2.24, 2.45) is 5.73 Å². The van der Waals surface area contributed by atoms with E-state index in [2.05, 4.69) is 19.1 Å². The normalized spacial score (nSPS) is 16.0. The van der Waals surface area contributed by atoms with Gasteiger partial charge in [0.15, 0.2) is 0 Å². The van der Waals surface area contributed by atoms with E-state index in [9.17, 15) is 0 Å². The lowest BCUT2D eigenvalue weighted by Crippen LogP contribution is -2.05. The number of nitrogens with two attached hydrogens (primary N) is 1. The van der Waals surface area contributed by atoms with Gasteiger partial charge >= 0.3 is 0 Å². The molecule has 0 saturated heterocycles. The number of ether oxygens (including phenoxy) is 1. The Balaban J connectivity index is 1.68. The van der Waals surface area contributed by atoms with Gasteiger partial charge in [0, 0.05) is 16.8 Å². The molecule has 0 aliphatic heterocycles. The van der Waals surface area contributed by atoms with Crippen molar-refractivity contribution in [3.63, 3.8) is 0 Å². The smallest absolute Gasteiger partial charge is 0.140 e. The highest BCUT2D eigenvalue weighted by Gasteiger charge is 2.30. The van der Waals surface area contributed by atoms with E-state index in [1.54, 1.807) is 11.3 Å². The Hall–Kier alpha value is -1.39. The van der Waals surface area contributed by atoms with Crippen LogP contribution in [-0.2, 0) is 13.0 Å². The zero-order valence-electron chi connectivity index (χ0n) is 12.6. The summed E-state index contributed by atoms with van der Waals surface area (Å²) in [6, 6.07) is 8.35. The highest BCUT2D eigenvalue weighted by molar-refractivity contribution is 7.11. The molecule has 1 aliphatic rings. The number of nitrogens with zero attached hydrogens (tertiary/aromatic N) is 1. The van der Waals surface area contributed by atoms with Gasteiger partial charge in [-0.25, -0.2) is 4.98 Å². The molecule has 1 fully saturated rings. The molecular weight excluding hydrogens is 280 g/mol. The molecule has 4 heteroatoms. The predicted octanol–water partition coefficient (Wildman–Crippen LogP) is 4.18. The first kappa shape index (κ1) is 14.5. The van der Waals surface area contributed by atoms with E-state index in [-0.39, 0.29) is 6.04 Å². The van der Waals surface area contributed by atoms with E-state index >= 15 is 0 Å². The Morgan fingerprint density at radius 1 is 1.33 bits per heavy atom. The molecule has 0 bridgehead atoms. The van der Waals surface area contributed by atoms with Crippen LogP contribution in [0, 0.1) is 0 Å². The van der Waals surface area contributed by atoms with Gasteiger partial charge in [-0.2, -0.15) is 0 Å². The minimum Gasteiger partial charge on any atom is -0.486 e. The molecule has 1 atom stereocenters. The summed E-state index contributed by atoms with van der Waals surface area (Å²) in [5, 5.41) is 1.03. The molecule has 21 heavy (non-hydrogen) atoms. The second-order valence-electron chi connectivity index (χ2n) is 5.71. The van der Waals surface area contributed by atoms with Crippen LogP contribution in [0.25, 0.3) is 0 Å². The molecule has 3 rings (SSSR count). The molecule has 1 aliphatic carbocycles. The van der Waals surface area contributed by atoms with E-state index in [0.29, 0.717) is 12.5 Å². The van der Waals surface area contributed by atoms with Crippen LogP contribution in [0.3, 0.4) is 0 Å². The standard InChI is InChI=1S/C17H22N2OS/c1-3-12-4-8-14(9-5-12)20-10-15-19-16(13-6-7-13)17(21-15)11(2)18/h4-5,8-9,11,13H,3,6-7,10,18H2,1-2H3. The van der Waals surface area contributed by atoms with E-state index in [1.807, 2.05) is 19.1 Å². The van der Waals surface area contributed by atoms with Crippen LogP contribution in [-0.4, -0.2) is 4.98 Å². The van der Waals surface area contributed by atoms with Crippen LogP contribution in [0.15, 0.2) is 24.3 Å². The summed E-state index contributed by atoms with van der Waals surface area (Å²) in [5.74, 6) is 1.54. The summed E-state index contributed by atoms with van der Waals surface area (Å²) in [6.45, 7) is 4.72. The van der Waals surface area contributed by atoms with Crippen molar-refractivity contribution >= 4 is 11.3 Å². The Bertz CT molecular complexity index is 580. The van der Waals surface area contributed by atoms with Gasteiger partial charge in [-0.15, -0.1) is 11.3 Å². The van der Waals surface area contributed by atoms with Gasteiger partial charge in [0.25, 0.3) is 0 Å². The molecule has 2 aromatic rings. The van der Waals surface area contributed by atoms with Crippen molar-refractivity contribution < 1.29 is 4.74 Å². The summed E-state index contributed by atoms with van der Waals surface area (Å²) in [5.41, 5.74) is 8.61. The maximum atomic E-state index is 6.06. The average Bonchev–Trinajstić information content (AvgIpc) is 3.25. The van der Waals surface area contributed by atoms with Crippen LogP contribution >= 0.6 is 11.3 Å². The maximum Gasteiger partial charge on any atom is 0.140 e. The van der Waals surface area contributed by atoms with Crippen molar-refractivity contribution in [3.8, 4) is 5.75 Å². The third-order valence-corrected chi connectivity index (χ3v) is 5.04. The van der Waals surface area contributed by atoms with Gasteiger partial charge in [-0.3, -0.25) is 0 Å². The van der Waals surface area contributed by atoms with Crippen LogP contribution in [0.1, 0.15) is 59.8 Å². The van der Waals surface area contributed by atoms with E-state index in [4.69, 9.17) is 15.5 Å². The quantitative estimate of drug-likeness (QED) is 0.870. The lowest BCUT2D eigenvalue weighted by Gasteiger charge is -2.04. The van der Waals surface area contributed by atoms with Crippen molar-refractivity contribution in [2.75, 3.05) is 0 Å². The summed E-state index contributed by atoms with van der Waals surface area (Å²) < 4.78 is 5.85. The van der Waals surface area contributed by atoms with Crippen LogP contribution < -0.4 is 10.5 Å². The molecule has 0 radical (unpaired) electrons. The highest BCUT2D eigenvalue weighted by atomic mass is 32.1. The van der Waals surface area contributed by atoms with Gasteiger partial charge < -0.3 is 10.5 Å². The number of aromatic nitrogens is 1. The minimum absolute atomic E-state index is 0.0655. The first-order valence-electron chi connectivity index (χ1n) is 7.64. The Labute approximate surface area is 130 Å². The van der Waals surface area contributed by atoms with E-state index in [0.717, 1.165) is 17.2 Å². The average molecular weight is 302 g/mol. The predicted molar refractivity (Wildman–Crippen MR) is 86.8 cm³/mol. The molecule has 1 heterocycles. The topological polar surface area (TPSA) is 48.1 Å². The van der Waals surface area contributed by atoms with Gasteiger partial charge in [-0.05, 0) is 43.9 Å². The lowest BCUT2D eigenvalue weighted by molar-refractivity contribution is 0.305. The molecule has 1 saturated carbocycles. The molecular formula is C17H22N2OS. The second-order valence-corrected chi connectivity index (χ2v) is 6.82. The molecule has 112 valence electrons.